The van der Waals surface area contributed by atoms with Crippen molar-refractivity contribution in [3.05, 3.63) is 96.4 Å². The predicted molar refractivity (Wildman–Crippen MR) is 120 cm³/mol. The number of amides is 1. The van der Waals surface area contributed by atoms with Crippen LogP contribution in [0.3, 0.4) is 0 Å². The van der Waals surface area contributed by atoms with Crippen LogP contribution >= 0.6 is 0 Å². The Hall–Kier alpha value is -3.93. The average molecular weight is 412 g/mol. The number of ether oxygens (including phenoxy) is 1. The van der Waals surface area contributed by atoms with Crippen LogP contribution in [0.25, 0.3) is 16.9 Å². The monoisotopic (exact) mass is 412 g/mol. The van der Waals surface area contributed by atoms with Gasteiger partial charge < -0.3 is 10.1 Å². The van der Waals surface area contributed by atoms with Crippen molar-refractivity contribution in [2.45, 2.75) is 19.9 Å². The lowest BCUT2D eigenvalue weighted by Crippen LogP contribution is -2.22. The van der Waals surface area contributed by atoms with Crippen molar-refractivity contribution >= 4 is 5.91 Å². The number of carbonyl (C=O) groups is 1. The fourth-order valence-corrected chi connectivity index (χ4v) is 3.20. The van der Waals surface area contributed by atoms with Gasteiger partial charge in [0.05, 0.1) is 18.0 Å². The van der Waals surface area contributed by atoms with Gasteiger partial charge in [-0.25, -0.2) is 4.68 Å². The summed E-state index contributed by atoms with van der Waals surface area (Å²) in [5.41, 5.74) is 4.24. The van der Waals surface area contributed by atoms with Crippen LogP contribution in [0.5, 0.6) is 5.75 Å². The highest BCUT2D eigenvalue weighted by Gasteiger charge is 2.14. The number of carbonyl (C=O) groups excluding carboxylic acids is 1. The Balaban J connectivity index is 1.61. The second-order valence-electron chi connectivity index (χ2n) is 7.07. The Morgan fingerprint density at radius 1 is 1.00 bits per heavy atom. The standard InChI is InChI=1S/C25H24N4O2/c1-2-16-31-23-10-8-19(9-11-23)24-21(17-27-25(30)20-12-14-26-15-13-20)18-29(28-24)22-6-4-3-5-7-22/h3-15,18H,2,16-17H2,1H3,(H,27,30). The molecule has 4 rings (SSSR count). The van der Waals surface area contributed by atoms with Crippen LogP contribution in [0.15, 0.2) is 85.3 Å². The highest BCUT2D eigenvalue weighted by atomic mass is 16.5. The summed E-state index contributed by atoms with van der Waals surface area (Å²) in [7, 11) is 0. The Labute approximate surface area is 181 Å². The Kier molecular flexibility index (Phi) is 6.38. The van der Waals surface area contributed by atoms with Crippen LogP contribution in [0.2, 0.25) is 0 Å². The summed E-state index contributed by atoms with van der Waals surface area (Å²) in [5.74, 6) is 0.685. The summed E-state index contributed by atoms with van der Waals surface area (Å²) in [6.07, 6.45) is 6.13. The molecule has 6 nitrogen and oxygen atoms in total. The van der Waals surface area contributed by atoms with E-state index in [9.17, 15) is 4.79 Å². The molecule has 0 saturated heterocycles. The van der Waals surface area contributed by atoms with Gasteiger partial charge in [-0.2, -0.15) is 5.10 Å². The fraction of sp³-hybridized carbons (Fsp3) is 0.160. The first-order valence-corrected chi connectivity index (χ1v) is 10.3. The van der Waals surface area contributed by atoms with Gasteiger partial charge in [0.1, 0.15) is 5.75 Å². The molecule has 0 aliphatic rings. The summed E-state index contributed by atoms with van der Waals surface area (Å²) in [5, 5.41) is 7.79. The molecule has 0 spiro atoms. The van der Waals surface area contributed by atoms with Crippen LogP contribution < -0.4 is 10.1 Å². The first kappa shape index (κ1) is 20.3. The number of hydrogen-bond donors (Lipinski definition) is 1. The number of pyridine rings is 1. The lowest BCUT2D eigenvalue weighted by atomic mass is 10.1. The van der Waals surface area contributed by atoms with Gasteiger partial charge in [-0.05, 0) is 55.0 Å². The molecule has 0 fully saturated rings. The number of hydrogen-bond acceptors (Lipinski definition) is 4. The first-order chi connectivity index (χ1) is 15.2. The number of benzene rings is 2. The quantitative estimate of drug-likeness (QED) is 0.457. The minimum Gasteiger partial charge on any atom is -0.494 e. The highest BCUT2D eigenvalue weighted by molar-refractivity contribution is 5.94. The lowest BCUT2D eigenvalue weighted by molar-refractivity contribution is 0.0951. The van der Waals surface area contributed by atoms with Crippen LogP contribution in [-0.4, -0.2) is 27.3 Å². The topological polar surface area (TPSA) is 69.0 Å². The van der Waals surface area contributed by atoms with Gasteiger partial charge in [-0.15, -0.1) is 0 Å². The molecule has 0 unspecified atom stereocenters. The van der Waals surface area contributed by atoms with E-state index >= 15 is 0 Å². The Morgan fingerprint density at radius 3 is 2.45 bits per heavy atom. The van der Waals surface area contributed by atoms with Crippen molar-refractivity contribution in [1.82, 2.24) is 20.1 Å². The van der Waals surface area contributed by atoms with E-state index in [-0.39, 0.29) is 5.91 Å². The zero-order chi connectivity index (χ0) is 21.5. The predicted octanol–water partition coefficient (Wildman–Crippen LogP) is 4.65. The number of nitrogens with one attached hydrogen (secondary N) is 1. The van der Waals surface area contributed by atoms with E-state index in [2.05, 4.69) is 17.2 Å². The molecule has 6 heteroatoms. The van der Waals surface area contributed by atoms with Gasteiger partial charge in [-0.1, -0.05) is 25.1 Å². The second-order valence-corrected chi connectivity index (χ2v) is 7.07. The molecule has 31 heavy (non-hydrogen) atoms. The third kappa shape index (κ3) is 4.98. The normalized spacial score (nSPS) is 10.6. The van der Waals surface area contributed by atoms with Crippen molar-refractivity contribution in [3.63, 3.8) is 0 Å². The van der Waals surface area contributed by atoms with Crippen molar-refractivity contribution in [3.8, 4) is 22.7 Å². The molecule has 2 aromatic heterocycles. The van der Waals surface area contributed by atoms with Gasteiger partial charge >= 0.3 is 0 Å². The van der Waals surface area contributed by atoms with Gasteiger partial charge in [0.25, 0.3) is 5.91 Å². The molecule has 0 atom stereocenters. The zero-order valence-corrected chi connectivity index (χ0v) is 17.4. The zero-order valence-electron chi connectivity index (χ0n) is 17.4. The molecule has 2 aromatic carbocycles. The molecule has 1 N–H and O–H groups in total. The minimum atomic E-state index is -0.149. The maximum atomic E-state index is 12.5. The third-order valence-corrected chi connectivity index (χ3v) is 4.79. The molecular formula is C25H24N4O2. The van der Waals surface area contributed by atoms with E-state index in [0.717, 1.165) is 34.7 Å². The Bertz CT molecular complexity index is 1120. The molecule has 0 saturated carbocycles. The van der Waals surface area contributed by atoms with Gasteiger partial charge in [-0.3, -0.25) is 9.78 Å². The first-order valence-electron chi connectivity index (χ1n) is 10.3. The van der Waals surface area contributed by atoms with E-state index in [0.29, 0.717) is 18.7 Å². The van der Waals surface area contributed by atoms with Crippen molar-refractivity contribution in [2.24, 2.45) is 0 Å². The molecule has 4 aromatic rings. The molecular weight excluding hydrogens is 388 g/mol. The summed E-state index contributed by atoms with van der Waals surface area (Å²) >= 11 is 0. The molecule has 0 aliphatic carbocycles. The molecule has 0 bridgehead atoms. The largest absolute Gasteiger partial charge is 0.494 e. The average Bonchev–Trinajstić information content (AvgIpc) is 3.27. The second kappa shape index (κ2) is 9.71. The van der Waals surface area contributed by atoms with Crippen molar-refractivity contribution in [1.29, 1.82) is 0 Å². The van der Waals surface area contributed by atoms with E-state index in [1.165, 1.54) is 0 Å². The number of aromatic nitrogens is 3. The lowest BCUT2D eigenvalue weighted by Gasteiger charge is -2.07. The van der Waals surface area contributed by atoms with Crippen LogP contribution in [0, 0.1) is 0 Å². The fourth-order valence-electron chi connectivity index (χ4n) is 3.20. The summed E-state index contributed by atoms with van der Waals surface area (Å²) in [6.45, 7) is 3.13. The van der Waals surface area contributed by atoms with E-state index < -0.39 is 0 Å². The van der Waals surface area contributed by atoms with E-state index in [4.69, 9.17) is 9.84 Å². The van der Waals surface area contributed by atoms with Crippen LogP contribution in [-0.2, 0) is 6.54 Å². The van der Waals surface area contributed by atoms with Crippen LogP contribution in [0.4, 0.5) is 0 Å². The smallest absolute Gasteiger partial charge is 0.251 e. The maximum Gasteiger partial charge on any atom is 0.251 e. The minimum absolute atomic E-state index is 0.149. The molecule has 2 heterocycles. The van der Waals surface area contributed by atoms with Gasteiger partial charge in [0.2, 0.25) is 0 Å². The molecule has 1 amide bonds. The number of rotatable bonds is 8. The van der Waals surface area contributed by atoms with E-state index in [1.807, 2.05) is 65.5 Å². The number of para-hydroxylation sites is 1. The van der Waals surface area contributed by atoms with E-state index in [1.54, 1.807) is 24.5 Å². The SMILES string of the molecule is CCCOc1ccc(-c2nn(-c3ccccc3)cc2CNC(=O)c2ccncc2)cc1. The summed E-state index contributed by atoms with van der Waals surface area (Å²) in [4.78, 5) is 16.5. The van der Waals surface area contributed by atoms with Gasteiger partial charge in [0.15, 0.2) is 0 Å². The summed E-state index contributed by atoms with van der Waals surface area (Å²) in [6, 6.07) is 21.2. The maximum absolute atomic E-state index is 12.5. The third-order valence-electron chi connectivity index (χ3n) is 4.79. The van der Waals surface area contributed by atoms with Gasteiger partial charge in [0, 0.05) is 41.8 Å². The summed E-state index contributed by atoms with van der Waals surface area (Å²) < 4.78 is 7.53. The molecule has 0 radical (unpaired) electrons. The molecule has 156 valence electrons. The number of nitrogens with zero attached hydrogens (tertiary/aromatic N) is 3. The van der Waals surface area contributed by atoms with Crippen molar-refractivity contribution in [2.75, 3.05) is 6.61 Å². The van der Waals surface area contributed by atoms with Crippen molar-refractivity contribution < 1.29 is 9.53 Å². The molecule has 0 aliphatic heterocycles. The van der Waals surface area contributed by atoms with Crippen LogP contribution in [0.1, 0.15) is 29.3 Å². The Morgan fingerprint density at radius 2 is 1.74 bits per heavy atom. The highest BCUT2D eigenvalue weighted by Crippen LogP contribution is 2.26.